The highest BCUT2D eigenvalue weighted by atomic mass is 32.2. The van der Waals surface area contributed by atoms with Gasteiger partial charge in [-0.25, -0.2) is 0 Å². The molecule has 1 aliphatic heterocycles. The highest BCUT2D eigenvalue weighted by molar-refractivity contribution is 7.98. The third kappa shape index (κ3) is 4.69. The van der Waals surface area contributed by atoms with Crippen LogP contribution in [0.2, 0.25) is 0 Å². The number of thioether (sulfide) groups is 1. The summed E-state index contributed by atoms with van der Waals surface area (Å²) in [5.41, 5.74) is 2.68. The number of rotatable bonds is 7. The van der Waals surface area contributed by atoms with E-state index in [2.05, 4.69) is 47.7 Å². The van der Waals surface area contributed by atoms with E-state index < -0.39 is 0 Å². The van der Waals surface area contributed by atoms with Gasteiger partial charge in [0.05, 0.1) is 13.2 Å². The highest BCUT2D eigenvalue weighted by Crippen LogP contribution is 2.16. The molecule has 4 heteroatoms. The SMILES string of the molecule is CCC(CSC)NCc1ccc(N2CCOCC2)cc1. The summed E-state index contributed by atoms with van der Waals surface area (Å²) in [6.07, 6.45) is 3.36. The summed E-state index contributed by atoms with van der Waals surface area (Å²) in [5.74, 6) is 1.18. The van der Waals surface area contributed by atoms with Gasteiger partial charge in [-0.3, -0.25) is 0 Å². The normalized spacial score (nSPS) is 17.2. The minimum atomic E-state index is 0.615. The first-order valence-electron chi connectivity index (χ1n) is 7.47. The van der Waals surface area contributed by atoms with Gasteiger partial charge >= 0.3 is 0 Å². The molecule has 1 unspecified atom stereocenters. The number of nitrogens with zero attached hydrogens (tertiary/aromatic N) is 1. The lowest BCUT2D eigenvalue weighted by Gasteiger charge is -2.29. The molecule has 1 N–H and O–H groups in total. The van der Waals surface area contributed by atoms with Gasteiger partial charge in [-0.15, -0.1) is 0 Å². The Balaban J connectivity index is 1.84. The van der Waals surface area contributed by atoms with E-state index >= 15 is 0 Å². The Morgan fingerprint density at radius 1 is 1.25 bits per heavy atom. The van der Waals surface area contributed by atoms with Crippen LogP contribution in [0, 0.1) is 0 Å². The van der Waals surface area contributed by atoms with E-state index in [9.17, 15) is 0 Å². The Bertz CT molecular complexity index is 377. The Kier molecular flexibility index (Phi) is 6.70. The van der Waals surface area contributed by atoms with Crippen molar-refractivity contribution in [3.05, 3.63) is 29.8 Å². The highest BCUT2D eigenvalue weighted by Gasteiger charge is 2.11. The van der Waals surface area contributed by atoms with Crippen LogP contribution in [0.1, 0.15) is 18.9 Å². The fourth-order valence-corrected chi connectivity index (χ4v) is 3.19. The summed E-state index contributed by atoms with van der Waals surface area (Å²) in [6.45, 7) is 6.90. The van der Waals surface area contributed by atoms with E-state index in [0.717, 1.165) is 32.8 Å². The zero-order chi connectivity index (χ0) is 14.2. The molecule has 0 bridgehead atoms. The maximum atomic E-state index is 5.39. The van der Waals surface area contributed by atoms with Gasteiger partial charge in [0.1, 0.15) is 0 Å². The van der Waals surface area contributed by atoms with Crippen molar-refractivity contribution < 1.29 is 4.74 Å². The first-order chi connectivity index (χ1) is 9.83. The molecule has 3 nitrogen and oxygen atoms in total. The molecule has 0 radical (unpaired) electrons. The third-order valence-corrected chi connectivity index (χ3v) is 4.50. The average molecular weight is 294 g/mol. The average Bonchev–Trinajstić information content (AvgIpc) is 2.53. The van der Waals surface area contributed by atoms with Crippen LogP contribution in [0.3, 0.4) is 0 Å². The van der Waals surface area contributed by atoms with E-state index in [1.807, 2.05) is 11.8 Å². The summed E-state index contributed by atoms with van der Waals surface area (Å²) in [5, 5.41) is 3.63. The Hall–Kier alpha value is -0.710. The Labute approximate surface area is 127 Å². The molecule has 1 atom stereocenters. The van der Waals surface area contributed by atoms with Crippen LogP contribution in [0.5, 0.6) is 0 Å². The minimum Gasteiger partial charge on any atom is -0.378 e. The van der Waals surface area contributed by atoms with Gasteiger partial charge in [0.2, 0.25) is 0 Å². The molecule has 1 aromatic rings. The number of anilines is 1. The molecular formula is C16H26N2OS. The minimum absolute atomic E-state index is 0.615. The maximum Gasteiger partial charge on any atom is 0.0642 e. The quantitative estimate of drug-likeness (QED) is 0.836. The first kappa shape index (κ1) is 15.7. The summed E-state index contributed by atoms with van der Waals surface area (Å²) >= 11 is 1.91. The molecule has 0 spiro atoms. The lowest BCUT2D eigenvalue weighted by atomic mass is 10.1. The summed E-state index contributed by atoms with van der Waals surface area (Å²) in [6, 6.07) is 9.56. The van der Waals surface area contributed by atoms with Gasteiger partial charge in [-0.1, -0.05) is 19.1 Å². The van der Waals surface area contributed by atoms with E-state index in [1.54, 1.807) is 0 Å². The monoisotopic (exact) mass is 294 g/mol. The molecular weight excluding hydrogens is 268 g/mol. The fraction of sp³-hybridized carbons (Fsp3) is 0.625. The van der Waals surface area contributed by atoms with Gasteiger partial charge < -0.3 is 15.0 Å². The van der Waals surface area contributed by atoms with Crippen LogP contribution in [0.15, 0.2) is 24.3 Å². The number of hydrogen-bond donors (Lipinski definition) is 1. The smallest absolute Gasteiger partial charge is 0.0642 e. The van der Waals surface area contributed by atoms with Crippen LogP contribution in [0.4, 0.5) is 5.69 Å². The van der Waals surface area contributed by atoms with Crippen molar-refractivity contribution in [3.8, 4) is 0 Å². The molecule has 0 aliphatic carbocycles. The van der Waals surface area contributed by atoms with E-state index in [4.69, 9.17) is 4.74 Å². The zero-order valence-electron chi connectivity index (χ0n) is 12.6. The molecule has 0 amide bonds. The number of ether oxygens (including phenoxy) is 1. The first-order valence-corrected chi connectivity index (χ1v) is 8.86. The van der Waals surface area contributed by atoms with Gasteiger partial charge in [0.15, 0.2) is 0 Å². The van der Waals surface area contributed by atoms with E-state index in [1.165, 1.54) is 23.4 Å². The van der Waals surface area contributed by atoms with Gasteiger partial charge in [-0.05, 0) is 30.4 Å². The number of morpholine rings is 1. The second-order valence-electron chi connectivity index (χ2n) is 5.21. The number of hydrogen-bond acceptors (Lipinski definition) is 4. The van der Waals surface area contributed by atoms with Crippen molar-refractivity contribution in [3.63, 3.8) is 0 Å². The fourth-order valence-electron chi connectivity index (χ4n) is 2.43. The van der Waals surface area contributed by atoms with Gasteiger partial charge in [0.25, 0.3) is 0 Å². The van der Waals surface area contributed by atoms with Crippen LogP contribution in [-0.4, -0.2) is 44.4 Å². The largest absolute Gasteiger partial charge is 0.378 e. The predicted octanol–water partition coefficient (Wildman–Crippen LogP) is 2.75. The maximum absolute atomic E-state index is 5.39. The van der Waals surface area contributed by atoms with Crippen LogP contribution >= 0.6 is 11.8 Å². The lowest BCUT2D eigenvalue weighted by Crippen LogP contribution is -2.36. The topological polar surface area (TPSA) is 24.5 Å². The standard InChI is InChI=1S/C16H26N2OS/c1-3-15(13-20-2)17-12-14-4-6-16(7-5-14)18-8-10-19-11-9-18/h4-7,15,17H,3,8-13H2,1-2H3. The van der Waals surface area contributed by atoms with Crippen molar-refractivity contribution in [2.45, 2.75) is 25.9 Å². The van der Waals surface area contributed by atoms with Crippen molar-refractivity contribution in [2.75, 3.05) is 43.2 Å². The Morgan fingerprint density at radius 3 is 2.55 bits per heavy atom. The molecule has 1 saturated heterocycles. The second-order valence-corrected chi connectivity index (χ2v) is 6.12. The van der Waals surface area contributed by atoms with E-state index in [-0.39, 0.29) is 0 Å². The van der Waals surface area contributed by atoms with Crippen LogP contribution in [0.25, 0.3) is 0 Å². The van der Waals surface area contributed by atoms with E-state index in [0.29, 0.717) is 6.04 Å². The van der Waals surface area contributed by atoms with Gasteiger partial charge in [-0.2, -0.15) is 11.8 Å². The Morgan fingerprint density at radius 2 is 1.95 bits per heavy atom. The molecule has 1 aliphatic rings. The molecule has 112 valence electrons. The van der Waals surface area contributed by atoms with Crippen LogP contribution < -0.4 is 10.2 Å². The number of nitrogens with one attached hydrogen (secondary N) is 1. The molecule has 0 aromatic heterocycles. The predicted molar refractivity (Wildman–Crippen MR) is 88.8 cm³/mol. The molecule has 0 saturated carbocycles. The zero-order valence-corrected chi connectivity index (χ0v) is 13.4. The lowest BCUT2D eigenvalue weighted by molar-refractivity contribution is 0.122. The molecule has 1 aromatic carbocycles. The van der Waals surface area contributed by atoms with Crippen molar-refractivity contribution in [2.24, 2.45) is 0 Å². The van der Waals surface area contributed by atoms with Crippen molar-refractivity contribution in [1.82, 2.24) is 5.32 Å². The molecule has 1 fully saturated rings. The van der Waals surface area contributed by atoms with Crippen molar-refractivity contribution in [1.29, 1.82) is 0 Å². The summed E-state index contributed by atoms with van der Waals surface area (Å²) < 4.78 is 5.39. The second kappa shape index (κ2) is 8.55. The third-order valence-electron chi connectivity index (χ3n) is 3.77. The molecule has 20 heavy (non-hydrogen) atoms. The van der Waals surface area contributed by atoms with Crippen molar-refractivity contribution >= 4 is 17.4 Å². The summed E-state index contributed by atoms with van der Waals surface area (Å²) in [4.78, 5) is 2.39. The molecule has 1 heterocycles. The van der Waals surface area contributed by atoms with Gasteiger partial charge in [0, 0.05) is 37.1 Å². The van der Waals surface area contributed by atoms with Crippen LogP contribution in [-0.2, 0) is 11.3 Å². The summed E-state index contributed by atoms with van der Waals surface area (Å²) in [7, 11) is 0. The molecule has 2 rings (SSSR count). The number of benzene rings is 1.